The van der Waals surface area contributed by atoms with Gasteiger partial charge in [-0.3, -0.25) is 0 Å². The summed E-state index contributed by atoms with van der Waals surface area (Å²) in [7, 11) is 0. The van der Waals surface area contributed by atoms with Crippen LogP contribution in [0.4, 0.5) is 0 Å². The summed E-state index contributed by atoms with van der Waals surface area (Å²) in [5.74, 6) is 0. The molecule has 29 heavy (non-hydrogen) atoms. The van der Waals surface area contributed by atoms with Gasteiger partial charge in [0, 0.05) is 26.3 Å². The van der Waals surface area contributed by atoms with Gasteiger partial charge in [-0.1, -0.05) is 78.3 Å². The van der Waals surface area contributed by atoms with Gasteiger partial charge < -0.3 is 4.57 Å². The number of rotatable bonds is 1. The minimum Gasteiger partial charge on any atom is -0.309 e. The summed E-state index contributed by atoms with van der Waals surface area (Å²) in [6.07, 6.45) is 0. The summed E-state index contributed by atoms with van der Waals surface area (Å²) < 4.78 is 3.53. The minimum absolute atomic E-state index is 0.0138. The average Bonchev–Trinajstić information content (AvgIpc) is 3.18. The molecule has 1 aliphatic carbocycles. The van der Waals surface area contributed by atoms with E-state index in [1.165, 1.54) is 49.7 Å². The average molecular weight is 438 g/mol. The van der Waals surface area contributed by atoms with Gasteiger partial charge in [-0.25, -0.2) is 0 Å². The van der Waals surface area contributed by atoms with Crippen LogP contribution in [0.2, 0.25) is 0 Å². The predicted molar refractivity (Wildman–Crippen MR) is 126 cm³/mol. The van der Waals surface area contributed by atoms with Crippen molar-refractivity contribution < 1.29 is 0 Å². The molecule has 2 heteroatoms. The lowest BCUT2D eigenvalue weighted by Gasteiger charge is -2.22. The predicted octanol–water partition coefficient (Wildman–Crippen LogP) is 7.85. The molecule has 6 rings (SSSR count). The quantitative estimate of drug-likeness (QED) is 0.251. The van der Waals surface area contributed by atoms with E-state index in [9.17, 15) is 0 Å². The third-order valence-electron chi connectivity index (χ3n) is 6.46. The summed E-state index contributed by atoms with van der Waals surface area (Å²) in [5, 5.41) is 2.60. The number of hydrogen-bond donors (Lipinski definition) is 0. The zero-order valence-electron chi connectivity index (χ0n) is 16.4. The second-order valence-electron chi connectivity index (χ2n) is 8.41. The smallest absolute Gasteiger partial charge is 0.0541 e. The number of benzene rings is 4. The first-order chi connectivity index (χ1) is 14.1. The number of aromatic nitrogens is 1. The Morgan fingerprint density at radius 1 is 0.655 bits per heavy atom. The fourth-order valence-corrected chi connectivity index (χ4v) is 5.41. The topological polar surface area (TPSA) is 4.93 Å². The van der Waals surface area contributed by atoms with Gasteiger partial charge in [0.25, 0.3) is 0 Å². The van der Waals surface area contributed by atoms with Gasteiger partial charge in [0.05, 0.1) is 11.0 Å². The highest BCUT2D eigenvalue weighted by Gasteiger charge is 2.35. The van der Waals surface area contributed by atoms with Gasteiger partial charge in [-0.2, -0.15) is 0 Å². The molecule has 0 fully saturated rings. The van der Waals surface area contributed by atoms with Crippen LogP contribution in [0.15, 0.2) is 89.4 Å². The van der Waals surface area contributed by atoms with Gasteiger partial charge >= 0.3 is 0 Å². The summed E-state index contributed by atoms with van der Waals surface area (Å²) in [6.45, 7) is 4.67. The number of hydrogen-bond acceptors (Lipinski definition) is 0. The van der Waals surface area contributed by atoms with Gasteiger partial charge in [0.1, 0.15) is 0 Å². The summed E-state index contributed by atoms with van der Waals surface area (Å²) in [5.41, 5.74) is 9.19. The number of halogens is 1. The Bertz CT molecular complexity index is 1380. The minimum atomic E-state index is -0.0138. The maximum atomic E-state index is 3.65. The monoisotopic (exact) mass is 437 g/mol. The number of fused-ring (bicyclic) bond motifs is 6. The van der Waals surface area contributed by atoms with Crippen molar-refractivity contribution in [2.24, 2.45) is 0 Å². The van der Waals surface area contributed by atoms with E-state index in [4.69, 9.17) is 0 Å². The lowest BCUT2D eigenvalue weighted by molar-refractivity contribution is 0.660. The van der Waals surface area contributed by atoms with Crippen LogP contribution in [0.5, 0.6) is 0 Å². The molecule has 0 bridgehead atoms. The molecule has 140 valence electrons. The standard InChI is InChI=1S/C27H20BrN/c1-27(2)23-14-11-17(28)15-22(23)19-13-12-18(16-24(19)27)29-25-9-5-3-7-20(25)21-8-4-6-10-26(21)29/h3-16H,1-2H3. The number of nitrogens with zero attached hydrogens (tertiary/aromatic N) is 1. The van der Waals surface area contributed by atoms with E-state index >= 15 is 0 Å². The molecule has 0 atom stereocenters. The molecule has 0 unspecified atom stereocenters. The molecule has 0 N–H and O–H groups in total. The van der Waals surface area contributed by atoms with Crippen molar-refractivity contribution >= 4 is 37.7 Å². The van der Waals surface area contributed by atoms with Crippen LogP contribution in [-0.2, 0) is 5.41 Å². The summed E-state index contributed by atoms with van der Waals surface area (Å²) >= 11 is 3.65. The largest absolute Gasteiger partial charge is 0.309 e. The first-order valence-corrected chi connectivity index (χ1v) is 10.8. The maximum Gasteiger partial charge on any atom is 0.0541 e. The van der Waals surface area contributed by atoms with Gasteiger partial charge in [-0.05, 0) is 58.7 Å². The SMILES string of the molecule is CC1(C)c2ccc(Br)cc2-c2ccc(-n3c4ccccc4c4ccccc43)cc21. The fourth-order valence-electron chi connectivity index (χ4n) is 5.05. The van der Waals surface area contributed by atoms with E-state index in [1.807, 2.05) is 0 Å². The van der Waals surface area contributed by atoms with Crippen molar-refractivity contribution in [1.82, 2.24) is 4.57 Å². The zero-order chi connectivity index (χ0) is 19.8. The van der Waals surface area contributed by atoms with E-state index in [0.717, 1.165) is 4.47 Å². The van der Waals surface area contributed by atoms with E-state index in [1.54, 1.807) is 0 Å². The Hall–Kier alpha value is -2.84. The summed E-state index contributed by atoms with van der Waals surface area (Å²) in [4.78, 5) is 0. The van der Waals surface area contributed by atoms with E-state index in [2.05, 4.69) is 119 Å². The van der Waals surface area contributed by atoms with Crippen LogP contribution in [0, 0.1) is 0 Å². The highest BCUT2D eigenvalue weighted by Crippen LogP contribution is 2.50. The lowest BCUT2D eigenvalue weighted by atomic mass is 9.82. The fraction of sp³-hybridized carbons (Fsp3) is 0.111. The molecule has 4 aromatic carbocycles. The maximum absolute atomic E-state index is 3.65. The molecule has 0 amide bonds. The van der Waals surface area contributed by atoms with Crippen LogP contribution in [0.1, 0.15) is 25.0 Å². The second-order valence-corrected chi connectivity index (χ2v) is 9.33. The molecule has 0 aliphatic heterocycles. The molecule has 0 radical (unpaired) electrons. The van der Waals surface area contributed by atoms with Crippen LogP contribution in [-0.4, -0.2) is 4.57 Å². The molecule has 1 aromatic heterocycles. The molecule has 0 spiro atoms. The van der Waals surface area contributed by atoms with E-state index < -0.39 is 0 Å². The lowest BCUT2D eigenvalue weighted by Crippen LogP contribution is -2.15. The zero-order valence-corrected chi connectivity index (χ0v) is 18.0. The summed E-state index contributed by atoms with van der Waals surface area (Å²) in [6, 6.07) is 31.0. The Balaban J connectivity index is 1.66. The normalized spacial score (nSPS) is 14.3. The van der Waals surface area contributed by atoms with Crippen LogP contribution in [0.25, 0.3) is 38.6 Å². The van der Waals surface area contributed by atoms with Crippen LogP contribution < -0.4 is 0 Å². The molecule has 5 aromatic rings. The highest BCUT2D eigenvalue weighted by atomic mass is 79.9. The van der Waals surface area contributed by atoms with Crippen molar-refractivity contribution in [2.75, 3.05) is 0 Å². The van der Waals surface area contributed by atoms with Crippen LogP contribution in [0.3, 0.4) is 0 Å². The van der Waals surface area contributed by atoms with Crippen molar-refractivity contribution in [3.63, 3.8) is 0 Å². The third-order valence-corrected chi connectivity index (χ3v) is 6.95. The highest BCUT2D eigenvalue weighted by molar-refractivity contribution is 9.10. The van der Waals surface area contributed by atoms with E-state index in [-0.39, 0.29) is 5.41 Å². The van der Waals surface area contributed by atoms with Crippen LogP contribution >= 0.6 is 15.9 Å². The Morgan fingerprint density at radius 3 is 2.00 bits per heavy atom. The number of para-hydroxylation sites is 2. The van der Waals surface area contributed by atoms with Gasteiger partial charge in [-0.15, -0.1) is 0 Å². The first kappa shape index (κ1) is 17.1. The van der Waals surface area contributed by atoms with Crippen molar-refractivity contribution in [1.29, 1.82) is 0 Å². The van der Waals surface area contributed by atoms with Crippen molar-refractivity contribution in [2.45, 2.75) is 19.3 Å². The molecule has 0 saturated heterocycles. The van der Waals surface area contributed by atoms with Crippen molar-refractivity contribution in [3.8, 4) is 16.8 Å². The first-order valence-electron chi connectivity index (χ1n) is 9.99. The van der Waals surface area contributed by atoms with Gasteiger partial charge in [0.2, 0.25) is 0 Å². The van der Waals surface area contributed by atoms with E-state index in [0.29, 0.717) is 0 Å². The molecule has 0 saturated carbocycles. The Labute approximate surface area is 178 Å². The molecular formula is C27H20BrN. The second kappa shape index (κ2) is 5.84. The molecule has 1 heterocycles. The molecule has 1 nitrogen and oxygen atoms in total. The molecular weight excluding hydrogens is 418 g/mol. The Kier molecular flexibility index (Phi) is 3.43. The molecule has 1 aliphatic rings. The third kappa shape index (κ3) is 2.27. The Morgan fingerprint density at radius 2 is 1.31 bits per heavy atom. The van der Waals surface area contributed by atoms with Gasteiger partial charge in [0.15, 0.2) is 0 Å². The van der Waals surface area contributed by atoms with Crippen molar-refractivity contribution in [3.05, 3.63) is 101 Å².